The molecule has 0 heterocycles. The second-order valence-electron chi connectivity index (χ2n) is 8.14. The normalized spacial score (nSPS) is 12.6. The number of primary amides is 1. The van der Waals surface area contributed by atoms with Crippen molar-refractivity contribution < 1.29 is 19.2 Å². The molecule has 5 N–H and O–H groups in total. The van der Waals surface area contributed by atoms with Crippen LogP contribution < -0.4 is 21.7 Å². The lowest BCUT2D eigenvalue weighted by Gasteiger charge is -2.20. The van der Waals surface area contributed by atoms with Gasteiger partial charge in [-0.1, -0.05) is 63.9 Å². The van der Waals surface area contributed by atoms with Crippen LogP contribution in [0.25, 0.3) is 0 Å². The van der Waals surface area contributed by atoms with Gasteiger partial charge in [0.2, 0.25) is 23.6 Å². The van der Waals surface area contributed by atoms with Crippen LogP contribution in [0.4, 0.5) is 0 Å². The van der Waals surface area contributed by atoms with E-state index in [0.29, 0.717) is 19.3 Å². The number of hydrogen-bond acceptors (Lipinski definition) is 4. The van der Waals surface area contributed by atoms with E-state index in [4.69, 9.17) is 5.73 Å². The predicted octanol–water partition coefficient (Wildman–Crippen LogP) is 1.43. The van der Waals surface area contributed by atoms with Crippen LogP contribution in [-0.2, 0) is 25.6 Å². The van der Waals surface area contributed by atoms with Crippen molar-refractivity contribution in [1.29, 1.82) is 0 Å². The highest BCUT2D eigenvalue weighted by atomic mass is 16.2. The van der Waals surface area contributed by atoms with Gasteiger partial charge in [0.05, 0.1) is 6.54 Å². The first-order valence-corrected chi connectivity index (χ1v) is 10.9. The number of nitrogens with one attached hydrogen (secondary N) is 3. The summed E-state index contributed by atoms with van der Waals surface area (Å²) < 4.78 is 0. The summed E-state index contributed by atoms with van der Waals surface area (Å²) in [5, 5.41) is 7.88. The highest BCUT2D eigenvalue weighted by molar-refractivity contribution is 5.92. The van der Waals surface area contributed by atoms with Gasteiger partial charge in [-0.2, -0.15) is 0 Å². The largest absolute Gasteiger partial charge is 0.368 e. The Balaban J connectivity index is 2.69. The molecule has 172 valence electrons. The molecule has 0 saturated carbocycles. The van der Waals surface area contributed by atoms with Crippen molar-refractivity contribution in [2.75, 3.05) is 6.54 Å². The smallest absolute Gasteiger partial charge is 0.243 e. The third kappa shape index (κ3) is 11.2. The number of rotatable bonds is 14. The van der Waals surface area contributed by atoms with E-state index < -0.39 is 29.8 Å². The molecule has 0 spiro atoms. The van der Waals surface area contributed by atoms with E-state index in [2.05, 4.69) is 22.9 Å². The van der Waals surface area contributed by atoms with Crippen LogP contribution in [0.5, 0.6) is 0 Å². The minimum atomic E-state index is -0.799. The molecule has 0 radical (unpaired) electrons. The third-order valence-electron chi connectivity index (χ3n) is 4.75. The van der Waals surface area contributed by atoms with Crippen molar-refractivity contribution in [2.24, 2.45) is 11.7 Å². The number of carbonyl (C=O) groups excluding carboxylic acids is 4. The van der Waals surface area contributed by atoms with Gasteiger partial charge in [0.25, 0.3) is 0 Å². The van der Waals surface area contributed by atoms with E-state index in [9.17, 15) is 19.2 Å². The van der Waals surface area contributed by atoms with Crippen LogP contribution in [0.3, 0.4) is 0 Å². The van der Waals surface area contributed by atoms with Crippen molar-refractivity contribution >= 4 is 23.6 Å². The van der Waals surface area contributed by atoms with Gasteiger partial charge in [-0.3, -0.25) is 19.2 Å². The van der Waals surface area contributed by atoms with Gasteiger partial charge in [0.15, 0.2) is 0 Å². The lowest BCUT2D eigenvalue weighted by molar-refractivity contribution is -0.131. The Hall–Kier alpha value is -2.90. The van der Waals surface area contributed by atoms with E-state index in [0.717, 1.165) is 24.8 Å². The zero-order chi connectivity index (χ0) is 23.2. The molecular formula is C23H36N4O4. The molecule has 0 aliphatic heterocycles. The fraction of sp³-hybridized carbons (Fsp3) is 0.565. The summed E-state index contributed by atoms with van der Waals surface area (Å²) in [6, 6.07) is 7.76. The van der Waals surface area contributed by atoms with Crippen LogP contribution >= 0.6 is 0 Å². The Labute approximate surface area is 184 Å². The zero-order valence-corrected chi connectivity index (χ0v) is 18.8. The van der Waals surface area contributed by atoms with E-state index in [1.54, 1.807) is 0 Å². The highest BCUT2D eigenvalue weighted by Crippen LogP contribution is 2.06. The van der Waals surface area contributed by atoms with Crippen LogP contribution in [0.2, 0.25) is 0 Å². The topological polar surface area (TPSA) is 130 Å². The number of nitrogens with two attached hydrogens (primary N) is 1. The first-order chi connectivity index (χ1) is 14.7. The first kappa shape index (κ1) is 26.1. The molecule has 8 heteroatoms. The highest BCUT2D eigenvalue weighted by Gasteiger charge is 2.23. The molecule has 0 aliphatic carbocycles. The second kappa shape index (κ2) is 14.2. The van der Waals surface area contributed by atoms with Gasteiger partial charge < -0.3 is 21.7 Å². The predicted molar refractivity (Wildman–Crippen MR) is 120 cm³/mol. The van der Waals surface area contributed by atoms with Crippen molar-refractivity contribution in [3.05, 3.63) is 35.9 Å². The van der Waals surface area contributed by atoms with Crippen LogP contribution in [0.1, 0.15) is 58.4 Å². The van der Waals surface area contributed by atoms with Crippen molar-refractivity contribution in [2.45, 2.75) is 71.4 Å². The maximum atomic E-state index is 12.7. The standard InChI is InChI=1S/C23H36N4O4/c1-4-5-7-12-20(28)27-19(14-17-10-8-6-9-11-17)23(31)25-15-21(29)26-18(22(24)30)13-16(2)3/h6,8-11,16,18-19H,4-5,7,12-15H2,1-3H3,(H2,24,30)(H,25,31)(H,26,29)(H,27,28)/t18-,19-/m0/s1. The van der Waals surface area contributed by atoms with Crippen LogP contribution in [0, 0.1) is 5.92 Å². The van der Waals surface area contributed by atoms with Crippen molar-refractivity contribution in [3.63, 3.8) is 0 Å². The van der Waals surface area contributed by atoms with Gasteiger partial charge in [-0.25, -0.2) is 0 Å². The SMILES string of the molecule is CCCCCC(=O)N[C@@H](Cc1ccccc1)C(=O)NCC(=O)N[C@@H](CC(C)C)C(N)=O. The summed E-state index contributed by atoms with van der Waals surface area (Å²) in [7, 11) is 0. The van der Waals surface area contributed by atoms with E-state index >= 15 is 0 Å². The summed E-state index contributed by atoms with van der Waals surface area (Å²) >= 11 is 0. The second-order valence-corrected chi connectivity index (χ2v) is 8.14. The fourth-order valence-corrected chi connectivity index (χ4v) is 3.11. The molecule has 0 bridgehead atoms. The van der Waals surface area contributed by atoms with Gasteiger partial charge >= 0.3 is 0 Å². The molecule has 31 heavy (non-hydrogen) atoms. The molecule has 0 aliphatic rings. The molecule has 0 fully saturated rings. The van der Waals surface area contributed by atoms with Gasteiger partial charge in [0, 0.05) is 12.8 Å². The summed E-state index contributed by atoms with van der Waals surface area (Å²) in [5.74, 6) is -1.60. The molecule has 0 unspecified atom stereocenters. The van der Waals surface area contributed by atoms with Gasteiger partial charge in [-0.05, 0) is 24.3 Å². The lowest BCUT2D eigenvalue weighted by Crippen LogP contribution is -2.52. The quantitative estimate of drug-likeness (QED) is 0.331. The number of carbonyl (C=O) groups is 4. The average Bonchev–Trinajstić information content (AvgIpc) is 2.71. The maximum Gasteiger partial charge on any atom is 0.243 e. The number of hydrogen-bond donors (Lipinski definition) is 4. The minimum absolute atomic E-state index is 0.172. The van der Waals surface area contributed by atoms with E-state index in [1.807, 2.05) is 44.2 Å². The molecule has 1 rings (SSSR count). The van der Waals surface area contributed by atoms with Crippen LogP contribution in [0.15, 0.2) is 30.3 Å². The molecule has 1 aromatic rings. The average molecular weight is 433 g/mol. The Kier molecular flexibility index (Phi) is 11.9. The minimum Gasteiger partial charge on any atom is -0.368 e. The summed E-state index contributed by atoms with van der Waals surface area (Å²) in [6.07, 6.45) is 3.78. The third-order valence-corrected chi connectivity index (χ3v) is 4.75. The fourth-order valence-electron chi connectivity index (χ4n) is 3.11. The first-order valence-electron chi connectivity index (χ1n) is 10.9. The number of benzene rings is 1. The molecule has 0 saturated heterocycles. The van der Waals surface area contributed by atoms with Gasteiger partial charge in [0.1, 0.15) is 12.1 Å². The number of unbranched alkanes of at least 4 members (excludes halogenated alkanes) is 2. The molecule has 1 aromatic carbocycles. The molecule has 0 aromatic heterocycles. The van der Waals surface area contributed by atoms with Crippen molar-refractivity contribution in [1.82, 2.24) is 16.0 Å². The van der Waals surface area contributed by atoms with Gasteiger partial charge in [-0.15, -0.1) is 0 Å². The van der Waals surface area contributed by atoms with Crippen molar-refractivity contribution in [3.8, 4) is 0 Å². The lowest BCUT2D eigenvalue weighted by atomic mass is 10.0. The summed E-state index contributed by atoms with van der Waals surface area (Å²) in [4.78, 5) is 48.7. The maximum absolute atomic E-state index is 12.7. The zero-order valence-electron chi connectivity index (χ0n) is 18.8. The number of amides is 4. The van der Waals surface area contributed by atoms with E-state index in [1.165, 1.54) is 0 Å². The monoisotopic (exact) mass is 432 g/mol. The summed E-state index contributed by atoms with van der Waals surface area (Å²) in [6.45, 7) is 5.58. The molecular weight excluding hydrogens is 396 g/mol. The van der Waals surface area contributed by atoms with Crippen LogP contribution in [-0.4, -0.2) is 42.3 Å². The Bertz CT molecular complexity index is 722. The molecule has 4 amide bonds. The Morgan fingerprint density at radius 3 is 2.16 bits per heavy atom. The summed E-state index contributed by atoms with van der Waals surface area (Å²) in [5.41, 5.74) is 6.23. The van der Waals surface area contributed by atoms with E-state index in [-0.39, 0.29) is 18.4 Å². The Morgan fingerprint density at radius 1 is 0.935 bits per heavy atom. The molecule has 8 nitrogen and oxygen atoms in total. The Morgan fingerprint density at radius 2 is 1.58 bits per heavy atom. The molecule has 2 atom stereocenters.